The van der Waals surface area contributed by atoms with Gasteiger partial charge in [0.25, 0.3) is 0 Å². The van der Waals surface area contributed by atoms with E-state index in [9.17, 15) is 43.5 Å². The number of hydrogen-bond donors (Lipinski definition) is 1. The number of nitrogens with zero attached hydrogens (tertiary/aromatic N) is 1. The maximum Gasteiger partial charge on any atom is 0.374 e. The smallest absolute Gasteiger partial charge is 0.374 e. The Balaban J connectivity index is 1.79. The predicted molar refractivity (Wildman–Crippen MR) is 198 cm³/mol. The SMILES string of the molecule is CC(=O)O[C@@H]1[C@@H]2[C@@H](OC(C)=O)[C@@]34O[C@@]2(C)COC(=O)c2cccnc2[C@@H](C)[C@H](C)C(=O)O[C@@H]([C@H](OC(C)=O)[C@H](OC(C)=O)[C@@]3(COC(=O)c2ccco2)[C@@H]1OC(C)=O)[C@]4(C)O. The first-order chi connectivity index (χ1) is 28.5. The standard InChI is InChI=1S/C41H47NO19/c1-18-19(2)35(48)60-32-30(56-21(4)44)34(59-24(7)47)40(17-54-37(50)26-13-11-15-52-26)33(58-23(6)46)29(55-20(3)43)27-31(57-22(5)45)41(40,39(32,9)51)61-38(27,8)16-53-36(49)25-12-10-14-42-28(18)25/h10-15,18-19,27,29-34,51H,16-17H2,1-9H3/t18-,19-,27+,29+,30-,31+,32-,33+,34-,38-,39-,40+,41-/m0/s1. The highest BCUT2D eigenvalue weighted by atomic mass is 16.7. The van der Waals surface area contributed by atoms with Crippen LogP contribution in [0.15, 0.2) is 41.1 Å². The van der Waals surface area contributed by atoms with E-state index in [1.807, 2.05) is 0 Å². The number of carbonyl (C=O) groups excluding carboxylic acids is 8. The number of furan rings is 1. The van der Waals surface area contributed by atoms with E-state index in [1.165, 1.54) is 44.3 Å². The Morgan fingerprint density at radius 2 is 1.36 bits per heavy atom. The third-order valence-electron chi connectivity index (χ3n) is 12.1. The number of rotatable bonds is 8. The van der Waals surface area contributed by atoms with E-state index in [-0.39, 0.29) is 17.0 Å². The van der Waals surface area contributed by atoms with Crippen LogP contribution < -0.4 is 0 Å². The minimum atomic E-state index is -2.88. The highest BCUT2D eigenvalue weighted by Gasteiger charge is 2.92. The van der Waals surface area contributed by atoms with E-state index in [1.54, 1.807) is 6.92 Å². The fourth-order valence-electron chi connectivity index (χ4n) is 9.68. The zero-order valence-electron chi connectivity index (χ0n) is 34.8. The molecular formula is C41H47NO19. The largest absolute Gasteiger partial charge is 0.459 e. The van der Waals surface area contributed by atoms with Crippen molar-refractivity contribution in [2.24, 2.45) is 17.3 Å². The molecule has 61 heavy (non-hydrogen) atoms. The van der Waals surface area contributed by atoms with E-state index >= 15 is 0 Å². The Labute approximate surface area is 348 Å². The number of aliphatic hydroxyl groups is 1. The second-order valence-corrected chi connectivity index (χ2v) is 16.1. The molecule has 3 fully saturated rings. The molecule has 2 aromatic rings. The van der Waals surface area contributed by atoms with Gasteiger partial charge in [-0.05, 0) is 38.1 Å². The van der Waals surface area contributed by atoms with Gasteiger partial charge in [-0.1, -0.05) is 13.8 Å². The van der Waals surface area contributed by atoms with Gasteiger partial charge in [0.15, 0.2) is 30.0 Å². The number of esters is 8. The van der Waals surface area contributed by atoms with Crippen LogP contribution in [0.4, 0.5) is 0 Å². The van der Waals surface area contributed by atoms with Gasteiger partial charge in [-0.15, -0.1) is 0 Å². The Hall–Kier alpha value is -5.89. The maximum absolute atomic E-state index is 14.5. The average Bonchev–Trinajstić information content (AvgIpc) is 3.79. The number of carbonyl (C=O) groups is 8. The van der Waals surface area contributed by atoms with E-state index in [4.69, 9.17) is 47.0 Å². The minimum absolute atomic E-state index is 0.0561. The van der Waals surface area contributed by atoms with Gasteiger partial charge in [-0.2, -0.15) is 0 Å². The van der Waals surface area contributed by atoms with E-state index in [0.717, 1.165) is 47.8 Å². The monoisotopic (exact) mass is 857 g/mol. The summed E-state index contributed by atoms with van der Waals surface area (Å²) in [4.78, 5) is 113. The third-order valence-corrected chi connectivity index (χ3v) is 12.1. The number of aromatic nitrogens is 1. The third kappa shape index (κ3) is 7.28. The molecule has 4 heterocycles. The second-order valence-electron chi connectivity index (χ2n) is 16.1. The Morgan fingerprint density at radius 3 is 1.93 bits per heavy atom. The lowest BCUT2D eigenvalue weighted by atomic mass is 9.45. The van der Waals surface area contributed by atoms with E-state index in [0.29, 0.717) is 0 Å². The van der Waals surface area contributed by atoms with E-state index < -0.39 is 138 Å². The van der Waals surface area contributed by atoms with Crippen molar-refractivity contribution in [2.45, 2.75) is 122 Å². The molecule has 4 bridgehead atoms. The van der Waals surface area contributed by atoms with Crippen molar-refractivity contribution >= 4 is 47.8 Å². The van der Waals surface area contributed by atoms with Crippen LogP contribution in [0.2, 0.25) is 0 Å². The Morgan fingerprint density at radius 1 is 0.787 bits per heavy atom. The Bertz CT molecular complexity index is 2120. The van der Waals surface area contributed by atoms with Crippen LogP contribution in [0.1, 0.15) is 94.8 Å². The molecule has 0 unspecified atom stereocenters. The molecule has 20 nitrogen and oxygen atoms in total. The highest BCUT2D eigenvalue weighted by molar-refractivity contribution is 5.91. The van der Waals surface area contributed by atoms with Crippen LogP contribution in [0.5, 0.6) is 0 Å². The molecule has 330 valence electrons. The van der Waals surface area contributed by atoms with Crippen molar-refractivity contribution in [1.82, 2.24) is 4.98 Å². The second kappa shape index (κ2) is 16.2. The van der Waals surface area contributed by atoms with Crippen LogP contribution in [0.3, 0.4) is 0 Å². The summed E-state index contributed by atoms with van der Waals surface area (Å²) in [6.07, 6.45) is -9.72. The molecule has 20 heteroatoms. The van der Waals surface area contributed by atoms with Gasteiger partial charge in [-0.3, -0.25) is 33.8 Å². The van der Waals surface area contributed by atoms with Gasteiger partial charge in [0.1, 0.15) is 42.0 Å². The molecule has 1 spiro atoms. The molecule has 0 radical (unpaired) electrons. The summed E-state index contributed by atoms with van der Waals surface area (Å²) in [7, 11) is 0. The molecule has 2 aliphatic carbocycles. The lowest BCUT2D eigenvalue weighted by Gasteiger charge is -2.67. The topological polar surface area (TPSA) is 266 Å². The van der Waals surface area contributed by atoms with Crippen molar-refractivity contribution in [3.05, 3.63) is 53.7 Å². The molecule has 2 saturated carbocycles. The van der Waals surface area contributed by atoms with Crippen LogP contribution >= 0.6 is 0 Å². The molecule has 4 aliphatic rings. The van der Waals surface area contributed by atoms with Crippen molar-refractivity contribution in [3.8, 4) is 0 Å². The Kier molecular flexibility index (Phi) is 11.8. The van der Waals surface area contributed by atoms with Gasteiger partial charge in [0.05, 0.1) is 29.4 Å². The molecule has 2 aliphatic heterocycles. The van der Waals surface area contributed by atoms with E-state index in [2.05, 4.69) is 4.98 Å². The van der Waals surface area contributed by atoms with Crippen LogP contribution in [-0.2, 0) is 71.4 Å². The van der Waals surface area contributed by atoms with Crippen LogP contribution in [0, 0.1) is 17.3 Å². The summed E-state index contributed by atoms with van der Waals surface area (Å²) in [6.45, 7) is 8.44. The number of pyridine rings is 1. The van der Waals surface area contributed by atoms with Crippen LogP contribution in [0.25, 0.3) is 0 Å². The molecule has 0 amide bonds. The molecule has 1 N–H and O–H groups in total. The van der Waals surface area contributed by atoms with Crippen molar-refractivity contribution in [3.63, 3.8) is 0 Å². The number of hydrogen-bond acceptors (Lipinski definition) is 20. The van der Waals surface area contributed by atoms with Gasteiger partial charge in [-0.25, -0.2) is 9.59 Å². The van der Waals surface area contributed by atoms with Crippen molar-refractivity contribution < 1.29 is 90.5 Å². The summed E-state index contributed by atoms with van der Waals surface area (Å²) >= 11 is 0. The first-order valence-corrected chi connectivity index (χ1v) is 19.4. The molecule has 1 saturated heterocycles. The van der Waals surface area contributed by atoms with Gasteiger partial charge in [0.2, 0.25) is 5.76 Å². The summed E-state index contributed by atoms with van der Waals surface area (Å²) in [5.41, 5.74) is -10.4. The summed E-state index contributed by atoms with van der Waals surface area (Å²) in [6, 6.07) is 5.50. The van der Waals surface area contributed by atoms with Gasteiger partial charge < -0.3 is 52.2 Å². The normalized spacial score (nSPS) is 36.5. The predicted octanol–water partition coefficient (Wildman–Crippen LogP) is 1.92. The zero-order valence-corrected chi connectivity index (χ0v) is 34.8. The van der Waals surface area contributed by atoms with Gasteiger partial charge in [0, 0.05) is 46.7 Å². The van der Waals surface area contributed by atoms with Crippen molar-refractivity contribution in [2.75, 3.05) is 13.2 Å². The van der Waals surface area contributed by atoms with Crippen LogP contribution in [-0.4, -0.2) is 124 Å². The minimum Gasteiger partial charge on any atom is -0.459 e. The molecule has 6 rings (SSSR count). The lowest BCUT2D eigenvalue weighted by molar-refractivity contribution is -0.386. The summed E-state index contributed by atoms with van der Waals surface area (Å²) in [5, 5.41) is 13.6. The van der Waals surface area contributed by atoms with Crippen molar-refractivity contribution in [1.29, 1.82) is 0 Å². The molecule has 2 aromatic heterocycles. The molecular weight excluding hydrogens is 810 g/mol. The highest BCUT2D eigenvalue weighted by Crippen LogP contribution is 2.70. The first kappa shape index (κ1) is 44.7. The van der Waals surface area contributed by atoms with Gasteiger partial charge >= 0.3 is 47.8 Å². The fourth-order valence-corrected chi connectivity index (χ4v) is 9.68. The number of cyclic esters (lactones) is 1. The molecule has 13 atom stereocenters. The number of ether oxygens (including phenoxy) is 9. The summed E-state index contributed by atoms with van der Waals surface area (Å²) in [5.74, 6) is -12.5. The quantitative estimate of drug-likeness (QED) is 0.293. The average molecular weight is 858 g/mol. The fraction of sp³-hybridized carbons (Fsp3) is 0.585. The zero-order chi connectivity index (χ0) is 45.0. The maximum atomic E-state index is 14.5. The lowest BCUT2D eigenvalue weighted by Crippen LogP contribution is -2.89. The number of fused-ring (bicyclic) bond motifs is 5. The molecule has 0 aromatic carbocycles. The first-order valence-electron chi connectivity index (χ1n) is 19.4. The summed E-state index contributed by atoms with van der Waals surface area (Å²) < 4.78 is 60.2.